The molecule has 6 heteroatoms. The van der Waals surface area contributed by atoms with Gasteiger partial charge < -0.3 is 0 Å². The van der Waals surface area contributed by atoms with E-state index in [4.69, 9.17) is 0 Å². The van der Waals surface area contributed by atoms with Crippen molar-refractivity contribution in [2.75, 3.05) is 0 Å². The molecule has 1 heterocycles. The topological polar surface area (TPSA) is 41.6 Å². The minimum Gasteiger partial charge on any atom is -0.263 e. The summed E-state index contributed by atoms with van der Waals surface area (Å²) in [5.74, 6) is 0.581. The first-order valence-electron chi connectivity index (χ1n) is 8.03. The molecule has 2 aliphatic carbocycles. The first kappa shape index (κ1) is 14.9. The average Bonchev–Trinajstić information content (AvgIpc) is 2.97. The van der Waals surface area contributed by atoms with Gasteiger partial charge in [0.2, 0.25) is 0 Å². The fourth-order valence-electron chi connectivity index (χ4n) is 3.75. The van der Waals surface area contributed by atoms with Gasteiger partial charge in [0.05, 0.1) is 5.92 Å². The molecule has 3 rings (SSSR count). The van der Waals surface area contributed by atoms with Gasteiger partial charge in [-0.3, -0.25) is 5.10 Å². The predicted octanol–water partition coefficient (Wildman–Crippen LogP) is 4.69. The molecule has 2 aliphatic rings. The van der Waals surface area contributed by atoms with Gasteiger partial charge in [-0.05, 0) is 32.1 Å². The number of alkyl halides is 3. The number of H-pyrrole nitrogens is 1. The fraction of sp³-hybridized carbons (Fsp3) is 0.867. The lowest BCUT2D eigenvalue weighted by Gasteiger charge is -2.29. The second kappa shape index (κ2) is 5.97. The largest absolute Gasteiger partial charge is 0.391 e. The van der Waals surface area contributed by atoms with Crippen molar-refractivity contribution in [3.63, 3.8) is 0 Å². The summed E-state index contributed by atoms with van der Waals surface area (Å²) in [6, 6.07) is 0. The van der Waals surface area contributed by atoms with E-state index >= 15 is 0 Å². The molecule has 1 aromatic rings. The summed E-state index contributed by atoms with van der Waals surface area (Å²) >= 11 is 0. The van der Waals surface area contributed by atoms with E-state index in [0.29, 0.717) is 18.2 Å². The van der Waals surface area contributed by atoms with Gasteiger partial charge in [0.25, 0.3) is 0 Å². The highest BCUT2D eigenvalue weighted by molar-refractivity contribution is 5.04. The number of hydrogen-bond donors (Lipinski definition) is 1. The van der Waals surface area contributed by atoms with Crippen LogP contribution in [0.15, 0.2) is 0 Å². The van der Waals surface area contributed by atoms with Crippen LogP contribution < -0.4 is 0 Å². The van der Waals surface area contributed by atoms with Crippen molar-refractivity contribution in [1.82, 2.24) is 15.2 Å². The zero-order valence-electron chi connectivity index (χ0n) is 12.1. The molecule has 2 saturated carbocycles. The van der Waals surface area contributed by atoms with E-state index in [1.165, 1.54) is 19.3 Å². The summed E-state index contributed by atoms with van der Waals surface area (Å²) in [6.07, 6.45) is 3.62. The molecule has 3 nitrogen and oxygen atoms in total. The van der Waals surface area contributed by atoms with Gasteiger partial charge in [0.15, 0.2) is 5.82 Å². The third-order valence-corrected chi connectivity index (χ3v) is 5.01. The lowest BCUT2D eigenvalue weighted by Crippen LogP contribution is -2.28. The molecule has 2 unspecified atom stereocenters. The number of aromatic nitrogens is 3. The minimum absolute atomic E-state index is 0.140. The summed E-state index contributed by atoms with van der Waals surface area (Å²) in [7, 11) is 0. The number of nitrogens with one attached hydrogen (secondary N) is 1. The van der Waals surface area contributed by atoms with Crippen molar-refractivity contribution in [3.05, 3.63) is 11.6 Å². The van der Waals surface area contributed by atoms with Gasteiger partial charge >= 0.3 is 6.18 Å². The highest BCUT2D eigenvalue weighted by Gasteiger charge is 2.43. The molecule has 1 N–H and O–H groups in total. The van der Waals surface area contributed by atoms with E-state index in [2.05, 4.69) is 15.2 Å². The monoisotopic (exact) mass is 301 g/mol. The third-order valence-electron chi connectivity index (χ3n) is 5.01. The Balaban J connectivity index is 1.67. The average molecular weight is 301 g/mol. The zero-order valence-corrected chi connectivity index (χ0v) is 12.1. The normalized spacial score (nSPS) is 28.7. The molecule has 0 aliphatic heterocycles. The Morgan fingerprint density at radius 1 is 0.905 bits per heavy atom. The Morgan fingerprint density at radius 2 is 1.62 bits per heavy atom. The minimum atomic E-state index is -4.08. The molecule has 1 aromatic heterocycles. The second-order valence-corrected chi connectivity index (χ2v) is 6.52. The highest BCUT2D eigenvalue weighted by atomic mass is 19.4. The van der Waals surface area contributed by atoms with Crippen LogP contribution in [0.4, 0.5) is 13.2 Å². The fourth-order valence-corrected chi connectivity index (χ4v) is 3.75. The number of nitrogens with zero attached hydrogens (tertiary/aromatic N) is 2. The van der Waals surface area contributed by atoms with Crippen molar-refractivity contribution in [2.24, 2.45) is 5.92 Å². The first-order chi connectivity index (χ1) is 10.0. The Kier molecular flexibility index (Phi) is 4.22. The molecule has 0 amide bonds. The summed E-state index contributed by atoms with van der Waals surface area (Å²) in [5.41, 5.74) is 0. The van der Waals surface area contributed by atoms with Crippen LogP contribution in [0.5, 0.6) is 0 Å². The maximum absolute atomic E-state index is 12.9. The van der Waals surface area contributed by atoms with Crippen LogP contribution in [0.2, 0.25) is 0 Å². The van der Waals surface area contributed by atoms with Gasteiger partial charge in [-0.2, -0.15) is 18.3 Å². The quantitative estimate of drug-likeness (QED) is 0.861. The summed E-state index contributed by atoms with van der Waals surface area (Å²) in [5, 5.41) is 7.21. The molecule has 0 saturated heterocycles. The van der Waals surface area contributed by atoms with E-state index in [-0.39, 0.29) is 18.8 Å². The van der Waals surface area contributed by atoms with Crippen molar-refractivity contribution in [3.8, 4) is 0 Å². The summed E-state index contributed by atoms with van der Waals surface area (Å²) in [4.78, 5) is 4.54. The van der Waals surface area contributed by atoms with Crippen molar-refractivity contribution in [1.29, 1.82) is 0 Å². The molecule has 0 bridgehead atoms. The molecule has 0 aromatic carbocycles. The van der Waals surface area contributed by atoms with Crippen LogP contribution >= 0.6 is 0 Å². The third kappa shape index (κ3) is 3.40. The number of rotatable bonds is 2. The Labute approximate surface area is 122 Å². The SMILES string of the molecule is FC(F)(F)C1CCCC(c2n[nH]c(C3CCCCC3)n2)C1. The lowest BCUT2D eigenvalue weighted by molar-refractivity contribution is -0.183. The maximum atomic E-state index is 12.9. The molecule has 2 fully saturated rings. The molecule has 118 valence electrons. The van der Waals surface area contributed by atoms with Crippen molar-refractivity contribution >= 4 is 0 Å². The van der Waals surface area contributed by atoms with Crippen molar-refractivity contribution < 1.29 is 13.2 Å². The Bertz CT molecular complexity index is 463. The molecule has 0 radical (unpaired) electrons. The Hall–Kier alpha value is -1.07. The van der Waals surface area contributed by atoms with E-state index < -0.39 is 12.1 Å². The van der Waals surface area contributed by atoms with Gasteiger partial charge in [-0.15, -0.1) is 0 Å². The van der Waals surface area contributed by atoms with Crippen molar-refractivity contribution in [2.45, 2.75) is 75.8 Å². The van der Waals surface area contributed by atoms with Crippen LogP contribution in [-0.2, 0) is 0 Å². The molecular formula is C15H22F3N3. The van der Waals surface area contributed by atoms with E-state index in [0.717, 1.165) is 25.1 Å². The number of aromatic amines is 1. The maximum Gasteiger partial charge on any atom is 0.391 e. The first-order valence-corrected chi connectivity index (χ1v) is 8.03. The predicted molar refractivity (Wildman–Crippen MR) is 73.0 cm³/mol. The van der Waals surface area contributed by atoms with Gasteiger partial charge in [-0.1, -0.05) is 25.7 Å². The number of hydrogen-bond acceptors (Lipinski definition) is 2. The second-order valence-electron chi connectivity index (χ2n) is 6.52. The van der Waals surface area contributed by atoms with Crippen LogP contribution in [0.1, 0.15) is 81.3 Å². The summed E-state index contributed by atoms with van der Waals surface area (Å²) in [6.45, 7) is 0. The van der Waals surface area contributed by atoms with Crippen LogP contribution in [0.25, 0.3) is 0 Å². The summed E-state index contributed by atoms with van der Waals surface area (Å²) < 4.78 is 38.6. The van der Waals surface area contributed by atoms with Crippen LogP contribution in [0, 0.1) is 5.92 Å². The Morgan fingerprint density at radius 3 is 2.33 bits per heavy atom. The van der Waals surface area contributed by atoms with Gasteiger partial charge in [0.1, 0.15) is 5.82 Å². The van der Waals surface area contributed by atoms with E-state index in [1.807, 2.05) is 0 Å². The standard InChI is InChI=1S/C15H22F3N3/c16-15(17,18)12-8-4-7-11(9-12)14-19-13(20-21-14)10-5-2-1-3-6-10/h10-12H,1-9H2,(H,19,20,21). The van der Waals surface area contributed by atoms with Gasteiger partial charge in [-0.25, -0.2) is 4.98 Å². The van der Waals surface area contributed by atoms with Crippen LogP contribution in [-0.4, -0.2) is 21.4 Å². The van der Waals surface area contributed by atoms with E-state index in [1.54, 1.807) is 0 Å². The lowest BCUT2D eigenvalue weighted by atomic mass is 9.80. The molecule has 2 atom stereocenters. The zero-order chi connectivity index (χ0) is 14.9. The molecule has 21 heavy (non-hydrogen) atoms. The molecular weight excluding hydrogens is 279 g/mol. The smallest absolute Gasteiger partial charge is 0.263 e. The van der Waals surface area contributed by atoms with Gasteiger partial charge in [0, 0.05) is 11.8 Å². The van der Waals surface area contributed by atoms with Crippen LogP contribution in [0.3, 0.4) is 0 Å². The number of halogens is 3. The van der Waals surface area contributed by atoms with E-state index in [9.17, 15) is 13.2 Å². The highest BCUT2D eigenvalue weighted by Crippen LogP contribution is 2.43. The molecule has 0 spiro atoms.